The van der Waals surface area contributed by atoms with Crippen molar-refractivity contribution in [1.29, 1.82) is 0 Å². The van der Waals surface area contributed by atoms with E-state index in [-0.39, 0.29) is 4.90 Å². The molecule has 7 nitrogen and oxygen atoms in total. The molecular formula is C21H25BN2O5S. The van der Waals surface area contributed by atoms with Crippen LogP contribution in [0.25, 0.3) is 11.0 Å². The first-order valence-corrected chi connectivity index (χ1v) is 11.1. The van der Waals surface area contributed by atoms with Crippen molar-refractivity contribution in [2.75, 3.05) is 7.11 Å². The van der Waals surface area contributed by atoms with E-state index >= 15 is 0 Å². The van der Waals surface area contributed by atoms with Crippen molar-refractivity contribution in [1.82, 2.24) is 8.96 Å². The lowest BCUT2D eigenvalue weighted by molar-refractivity contribution is 0.00578. The molecule has 1 fully saturated rings. The van der Waals surface area contributed by atoms with Gasteiger partial charge < -0.3 is 14.0 Å². The molecule has 0 N–H and O–H groups in total. The second kappa shape index (κ2) is 6.83. The summed E-state index contributed by atoms with van der Waals surface area (Å²) in [6, 6.07) is 8.47. The molecule has 0 atom stereocenters. The predicted molar refractivity (Wildman–Crippen MR) is 116 cm³/mol. The summed E-state index contributed by atoms with van der Waals surface area (Å²) in [5.41, 5.74) is 0.738. The first-order valence-electron chi connectivity index (χ1n) is 9.69. The van der Waals surface area contributed by atoms with Crippen molar-refractivity contribution in [2.24, 2.45) is 0 Å². The number of rotatable bonds is 4. The van der Waals surface area contributed by atoms with Gasteiger partial charge in [0.1, 0.15) is 5.75 Å². The molecule has 1 saturated heterocycles. The van der Waals surface area contributed by atoms with Gasteiger partial charge in [0.05, 0.1) is 29.4 Å². The zero-order valence-corrected chi connectivity index (χ0v) is 18.8. The van der Waals surface area contributed by atoms with Gasteiger partial charge in [0.25, 0.3) is 10.0 Å². The fraction of sp³-hybridized carbons (Fsp3) is 0.381. The highest BCUT2D eigenvalue weighted by Crippen LogP contribution is 2.37. The third-order valence-corrected chi connectivity index (χ3v) is 7.60. The maximum absolute atomic E-state index is 13.4. The fourth-order valence-electron chi connectivity index (χ4n) is 3.36. The molecule has 9 heteroatoms. The van der Waals surface area contributed by atoms with Gasteiger partial charge >= 0.3 is 7.12 Å². The minimum atomic E-state index is -3.87. The van der Waals surface area contributed by atoms with Crippen LogP contribution in [0.5, 0.6) is 5.75 Å². The second-order valence-electron chi connectivity index (χ2n) is 8.53. The number of pyridine rings is 1. The Kier molecular flexibility index (Phi) is 4.76. The van der Waals surface area contributed by atoms with E-state index in [9.17, 15) is 8.42 Å². The summed E-state index contributed by atoms with van der Waals surface area (Å²) < 4.78 is 45.7. The molecule has 1 aliphatic rings. The van der Waals surface area contributed by atoms with Crippen LogP contribution in [0.3, 0.4) is 0 Å². The first kappa shape index (κ1) is 20.9. The SMILES string of the molecule is COc1cnc2c(c1)c(B1OC(C)(C)C(C)(C)O1)cn2S(=O)(=O)c1ccc(C)cc1. The van der Waals surface area contributed by atoms with Crippen molar-refractivity contribution in [3.05, 3.63) is 48.3 Å². The topological polar surface area (TPSA) is 79.7 Å². The number of fused-ring (bicyclic) bond motifs is 1. The molecule has 158 valence electrons. The fourth-order valence-corrected chi connectivity index (χ4v) is 4.69. The standard InChI is InChI=1S/C21H25BN2O5S/c1-14-7-9-16(10-8-14)30(25,26)24-13-18(17-11-15(27-6)12-23-19(17)24)22-28-20(2,3)21(4,5)29-22/h7-13H,1-6H3. The van der Waals surface area contributed by atoms with Gasteiger partial charge in [0.15, 0.2) is 5.65 Å². The van der Waals surface area contributed by atoms with Crippen LogP contribution in [-0.2, 0) is 19.3 Å². The largest absolute Gasteiger partial charge is 0.497 e. The highest BCUT2D eigenvalue weighted by Gasteiger charge is 2.52. The summed E-state index contributed by atoms with van der Waals surface area (Å²) >= 11 is 0. The molecule has 0 saturated carbocycles. The zero-order chi connectivity index (χ0) is 21.9. The maximum atomic E-state index is 13.4. The maximum Gasteiger partial charge on any atom is 0.497 e. The van der Waals surface area contributed by atoms with Crippen LogP contribution < -0.4 is 10.2 Å². The number of hydrogen-bond donors (Lipinski definition) is 0. The van der Waals surface area contributed by atoms with E-state index in [1.165, 1.54) is 23.5 Å². The lowest BCUT2D eigenvalue weighted by Gasteiger charge is -2.32. The van der Waals surface area contributed by atoms with Gasteiger partial charge in [-0.05, 0) is 52.8 Å². The van der Waals surface area contributed by atoms with Crippen LogP contribution in [0.15, 0.2) is 47.6 Å². The van der Waals surface area contributed by atoms with E-state index in [0.29, 0.717) is 22.2 Å². The van der Waals surface area contributed by atoms with E-state index in [2.05, 4.69) is 4.98 Å². The van der Waals surface area contributed by atoms with Crippen molar-refractivity contribution in [2.45, 2.75) is 50.7 Å². The molecule has 2 aromatic heterocycles. The van der Waals surface area contributed by atoms with Gasteiger partial charge in [-0.15, -0.1) is 0 Å². The van der Waals surface area contributed by atoms with Crippen LogP contribution in [0.1, 0.15) is 33.3 Å². The molecule has 3 heterocycles. The Hall–Kier alpha value is -2.36. The van der Waals surface area contributed by atoms with Gasteiger partial charge in [-0.3, -0.25) is 0 Å². The lowest BCUT2D eigenvalue weighted by Crippen LogP contribution is -2.41. The van der Waals surface area contributed by atoms with Crippen molar-refractivity contribution in [3.63, 3.8) is 0 Å². The number of ether oxygens (including phenoxy) is 1. The van der Waals surface area contributed by atoms with Gasteiger partial charge in [-0.2, -0.15) is 0 Å². The normalized spacial score (nSPS) is 18.1. The van der Waals surface area contributed by atoms with Gasteiger partial charge in [-0.1, -0.05) is 17.7 Å². The Morgan fingerprint density at radius 3 is 2.23 bits per heavy atom. The predicted octanol–water partition coefficient (Wildman–Crippen LogP) is 2.89. The second-order valence-corrected chi connectivity index (χ2v) is 10.3. The highest BCUT2D eigenvalue weighted by atomic mass is 32.2. The molecule has 0 spiro atoms. The monoisotopic (exact) mass is 428 g/mol. The third kappa shape index (κ3) is 3.21. The molecule has 0 amide bonds. The first-order chi connectivity index (χ1) is 14.0. The summed E-state index contributed by atoms with van der Waals surface area (Å²) in [6.07, 6.45) is 3.03. The number of hydrogen-bond acceptors (Lipinski definition) is 6. The minimum absolute atomic E-state index is 0.183. The number of aromatic nitrogens is 2. The van der Waals surface area contributed by atoms with Crippen LogP contribution >= 0.6 is 0 Å². The van der Waals surface area contributed by atoms with Crippen LogP contribution in [0, 0.1) is 6.92 Å². The number of aryl methyl sites for hydroxylation is 1. The summed E-state index contributed by atoms with van der Waals surface area (Å²) in [7, 11) is -3.06. The molecule has 0 unspecified atom stereocenters. The lowest BCUT2D eigenvalue weighted by atomic mass is 9.79. The van der Waals surface area contributed by atoms with E-state index in [1.54, 1.807) is 30.3 Å². The summed E-state index contributed by atoms with van der Waals surface area (Å²) in [4.78, 5) is 4.56. The third-order valence-electron chi connectivity index (χ3n) is 5.94. The molecule has 0 bridgehead atoms. The van der Waals surface area contributed by atoms with E-state index in [0.717, 1.165) is 5.56 Å². The van der Waals surface area contributed by atoms with E-state index < -0.39 is 28.3 Å². The average Bonchev–Trinajstić information content (AvgIpc) is 3.16. The molecule has 3 aromatic rings. The molecule has 0 radical (unpaired) electrons. The Balaban J connectivity index is 1.92. The molecule has 0 aliphatic carbocycles. The van der Waals surface area contributed by atoms with E-state index in [4.69, 9.17) is 14.0 Å². The van der Waals surface area contributed by atoms with Gasteiger partial charge in [-0.25, -0.2) is 17.4 Å². The van der Waals surface area contributed by atoms with Gasteiger partial charge in [0, 0.05) is 17.0 Å². The number of benzene rings is 1. The van der Waals surface area contributed by atoms with Crippen LogP contribution in [0.2, 0.25) is 0 Å². The summed E-state index contributed by atoms with van der Waals surface area (Å²) in [6.45, 7) is 9.72. The Bertz CT molecular complexity index is 1200. The smallest absolute Gasteiger partial charge is 0.495 e. The average molecular weight is 428 g/mol. The van der Waals surface area contributed by atoms with Crippen molar-refractivity contribution in [3.8, 4) is 5.75 Å². The van der Waals surface area contributed by atoms with E-state index in [1.807, 2.05) is 34.6 Å². The van der Waals surface area contributed by atoms with Gasteiger partial charge in [0.2, 0.25) is 0 Å². The number of nitrogens with zero attached hydrogens (tertiary/aromatic N) is 2. The van der Waals surface area contributed by atoms with Crippen molar-refractivity contribution < 1.29 is 22.5 Å². The van der Waals surface area contributed by atoms with Crippen molar-refractivity contribution >= 4 is 33.6 Å². The Morgan fingerprint density at radius 2 is 1.67 bits per heavy atom. The Morgan fingerprint density at radius 1 is 1.07 bits per heavy atom. The molecule has 1 aromatic carbocycles. The molecule has 30 heavy (non-hydrogen) atoms. The summed E-state index contributed by atoms with van der Waals surface area (Å²) in [5.74, 6) is 0.519. The summed E-state index contributed by atoms with van der Waals surface area (Å²) in [5, 5.41) is 0.600. The molecular weight excluding hydrogens is 403 g/mol. The minimum Gasteiger partial charge on any atom is -0.495 e. The highest BCUT2D eigenvalue weighted by molar-refractivity contribution is 7.90. The zero-order valence-electron chi connectivity index (χ0n) is 18.0. The van der Waals surface area contributed by atoms with Crippen LogP contribution in [0.4, 0.5) is 0 Å². The quantitative estimate of drug-likeness (QED) is 0.595. The Labute approximate surface area is 177 Å². The van der Waals surface area contributed by atoms with Crippen LogP contribution in [-0.4, -0.2) is 42.8 Å². The molecule has 1 aliphatic heterocycles. The number of methoxy groups -OCH3 is 1. The molecule has 4 rings (SSSR count).